The topological polar surface area (TPSA) is 83.3 Å². The lowest BCUT2D eigenvalue weighted by atomic mass is 10.2. The Kier molecular flexibility index (Phi) is 5.38. The third-order valence-corrected chi connectivity index (χ3v) is 6.76. The number of anilines is 1. The number of thioether (sulfide) groups is 1. The minimum absolute atomic E-state index is 0.0788. The Morgan fingerprint density at radius 1 is 1.03 bits per heavy atom. The minimum atomic E-state index is -0.596. The summed E-state index contributed by atoms with van der Waals surface area (Å²) in [6.07, 6.45) is 2.92. The number of pyridine rings is 1. The van der Waals surface area contributed by atoms with E-state index in [1.54, 1.807) is 24.3 Å². The smallest absolute Gasteiger partial charge is 0.247 e. The lowest BCUT2D eigenvalue weighted by Gasteiger charge is -2.16. The van der Waals surface area contributed by atoms with Gasteiger partial charge < -0.3 is 4.74 Å². The SMILES string of the molecule is N#Cc1cc2c(nc1SC1CC(=O)N(c3ccc(Oc4ccccc4)cc3)C1=O)CCC2. The molecule has 1 unspecified atom stereocenters. The largest absolute Gasteiger partial charge is 0.457 e. The third kappa shape index (κ3) is 3.85. The third-order valence-electron chi connectivity index (χ3n) is 5.57. The predicted molar refractivity (Wildman–Crippen MR) is 121 cm³/mol. The molecule has 6 nitrogen and oxygen atoms in total. The number of carbonyl (C=O) groups excluding carboxylic acids is 2. The van der Waals surface area contributed by atoms with E-state index in [0.717, 1.165) is 30.5 Å². The number of hydrogen-bond donors (Lipinski definition) is 0. The van der Waals surface area contributed by atoms with Gasteiger partial charge in [-0.3, -0.25) is 9.59 Å². The first kappa shape index (κ1) is 20.3. The summed E-state index contributed by atoms with van der Waals surface area (Å²) in [4.78, 5) is 31.6. The normalized spacial score (nSPS) is 17.3. The average molecular weight is 442 g/mol. The van der Waals surface area contributed by atoms with Crippen LogP contribution in [0.5, 0.6) is 11.5 Å². The Balaban J connectivity index is 1.33. The van der Waals surface area contributed by atoms with Gasteiger partial charge in [0.15, 0.2) is 0 Å². The van der Waals surface area contributed by atoms with Gasteiger partial charge in [-0.05, 0) is 67.3 Å². The van der Waals surface area contributed by atoms with Crippen LogP contribution in [0.15, 0.2) is 65.7 Å². The first-order chi connectivity index (χ1) is 15.6. The monoisotopic (exact) mass is 441 g/mol. The summed E-state index contributed by atoms with van der Waals surface area (Å²) in [7, 11) is 0. The summed E-state index contributed by atoms with van der Waals surface area (Å²) in [6.45, 7) is 0. The zero-order chi connectivity index (χ0) is 22.1. The van der Waals surface area contributed by atoms with Crippen LogP contribution in [0.25, 0.3) is 0 Å². The number of para-hydroxylation sites is 1. The highest BCUT2D eigenvalue weighted by Crippen LogP contribution is 2.36. The molecule has 1 fully saturated rings. The fourth-order valence-corrected chi connectivity index (χ4v) is 5.11. The zero-order valence-electron chi connectivity index (χ0n) is 17.2. The van der Waals surface area contributed by atoms with Crippen molar-refractivity contribution in [1.82, 2.24) is 4.98 Å². The number of benzene rings is 2. The van der Waals surface area contributed by atoms with E-state index in [0.29, 0.717) is 27.8 Å². The van der Waals surface area contributed by atoms with Gasteiger partial charge >= 0.3 is 0 Å². The van der Waals surface area contributed by atoms with Crippen LogP contribution in [0.2, 0.25) is 0 Å². The molecular formula is C25H19N3O3S. The first-order valence-corrected chi connectivity index (χ1v) is 11.3. The summed E-state index contributed by atoms with van der Waals surface area (Å²) >= 11 is 1.21. The quantitative estimate of drug-likeness (QED) is 0.536. The highest BCUT2D eigenvalue weighted by atomic mass is 32.2. The van der Waals surface area contributed by atoms with Crippen molar-refractivity contribution in [3.8, 4) is 17.6 Å². The lowest BCUT2D eigenvalue weighted by Crippen LogP contribution is -2.31. The molecule has 2 amide bonds. The number of hydrogen-bond acceptors (Lipinski definition) is 6. The molecule has 1 aliphatic carbocycles. The van der Waals surface area contributed by atoms with E-state index in [2.05, 4.69) is 11.1 Å². The maximum Gasteiger partial charge on any atom is 0.247 e. The number of amides is 2. The Bertz CT molecular complexity index is 1240. The van der Waals surface area contributed by atoms with E-state index >= 15 is 0 Å². The van der Waals surface area contributed by atoms with Crippen LogP contribution in [0.1, 0.15) is 29.7 Å². The number of ether oxygens (including phenoxy) is 1. The zero-order valence-corrected chi connectivity index (χ0v) is 18.0. The maximum atomic E-state index is 13.1. The van der Waals surface area contributed by atoms with Crippen molar-refractivity contribution in [2.75, 3.05) is 4.90 Å². The van der Waals surface area contributed by atoms with E-state index in [4.69, 9.17) is 4.74 Å². The second-order valence-electron chi connectivity index (χ2n) is 7.70. The molecule has 2 heterocycles. The molecule has 3 aromatic rings. The molecule has 5 rings (SSSR count). The van der Waals surface area contributed by atoms with Gasteiger partial charge in [0.2, 0.25) is 11.8 Å². The second kappa shape index (κ2) is 8.48. The molecule has 2 aromatic carbocycles. The molecule has 1 saturated heterocycles. The van der Waals surface area contributed by atoms with Gasteiger partial charge in [0.05, 0.1) is 16.5 Å². The molecule has 0 radical (unpaired) electrons. The number of imide groups is 1. The highest BCUT2D eigenvalue weighted by molar-refractivity contribution is 8.00. The Morgan fingerprint density at radius 2 is 1.78 bits per heavy atom. The van der Waals surface area contributed by atoms with Crippen molar-refractivity contribution < 1.29 is 14.3 Å². The molecule has 0 saturated carbocycles. The van der Waals surface area contributed by atoms with Gasteiger partial charge in [0, 0.05) is 12.1 Å². The highest BCUT2D eigenvalue weighted by Gasteiger charge is 2.41. The molecule has 158 valence electrons. The van der Waals surface area contributed by atoms with E-state index in [1.807, 2.05) is 36.4 Å². The molecular weight excluding hydrogens is 422 g/mol. The number of nitrogens with zero attached hydrogens (tertiary/aromatic N) is 3. The molecule has 32 heavy (non-hydrogen) atoms. The molecule has 0 bridgehead atoms. The number of nitriles is 1. The fourth-order valence-electron chi connectivity index (χ4n) is 4.01. The minimum Gasteiger partial charge on any atom is -0.457 e. The first-order valence-electron chi connectivity index (χ1n) is 10.4. The number of aryl methyl sites for hydroxylation is 2. The maximum absolute atomic E-state index is 13.1. The van der Waals surface area contributed by atoms with Gasteiger partial charge in [-0.1, -0.05) is 30.0 Å². The number of carbonyl (C=O) groups is 2. The van der Waals surface area contributed by atoms with Gasteiger partial charge in [-0.15, -0.1) is 0 Å². The molecule has 0 N–H and O–H groups in total. The van der Waals surface area contributed by atoms with Gasteiger partial charge in [0.1, 0.15) is 22.6 Å². The van der Waals surface area contributed by atoms with E-state index in [-0.39, 0.29) is 18.2 Å². The second-order valence-corrected chi connectivity index (χ2v) is 8.89. The van der Waals surface area contributed by atoms with E-state index in [1.165, 1.54) is 16.7 Å². The van der Waals surface area contributed by atoms with Crippen LogP contribution in [-0.2, 0) is 22.4 Å². The molecule has 1 aromatic heterocycles. The van der Waals surface area contributed by atoms with Gasteiger partial charge in [-0.25, -0.2) is 9.88 Å². The van der Waals surface area contributed by atoms with Crippen LogP contribution < -0.4 is 9.64 Å². The van der Waals surface area contributed by atoms with Crippen LogP contribution in [0.3, 0.4) is 0 Å². The van der Waals surface area contributed by atoms with Crippen molar-refractivity contribution in [1.29, 1.82) is 5.26 Å². The van der Waals surface area contributed by atoms with Crippen LogP contribution in [0, 0.1) is 11.3 Å². The summed E-state index contributed by atoms with van der Waals surface area (Å²) in [5.41, 5.74) is 3.08. The van der Waals surface area contributed by atoms with Crippen LogP contribution in [0.4, 0.5) is 5.69 Å². The fraction of sp³-hybridized carbons (Fsp3) is 0.200. The number of rotatable bonds is 5. The van der Waals surface area contributed by atoms with Crippen molar-refractivity contribution in [2.24, 2.45) is 0 Å². The predicted octanol–water partition coefficient (Wildman–Crippen LogP) is 4.66. The Labute approximate surface area is 189 Å². The lowest BCUT2D eigenvalue weighted by molar-refractivity contribution is -0.121. The van der Waals surface area contributed by atoms with E-state index < -0.39 is 5.25 Å². The van der Waals surface area contributed by atoms with Crippen molar-refractivity contribution >= 4 is 29.3 Å². The Morgan fingerprint density at radius 3 is 2.53 bits per heavy atom. The molecule has 0 spiro atoms. The molecule has 1 aliphatic heterocycles. The summed E-state index contributed by atoms with van der Waals surface area (Å²) in [6, 6.07) is 20.3. The molecule has 7 heteroatoms. The van der Waals surface area contributed by atoms with Gasteiger partial charge in [-0.2, -0.15) is 5.26 Å². The molecule has 1 atom stereocenters. The standard InChI is InChI=1S/C25H19N3O3S/c26-15-17-13-16-5-4-8-21(16)27-24(17)32-22-14-23(29)28(25(22)30)18-9-11-20(12-10-18)31-19-6-2-1-3-7-19/h1-3,6-7,9-13,22H,4-5,8,14H2. The van der Waals surface area contributed by atoms with Gasteiger partial charge in [0.25, 0.3) is 0 Å². The van der Waals surface area contributed by atoms with Crippen LogP contribution in [-0.4, -0.2) is 22.0 Å². The van der Waals surface area contributed by atoms with Crippen molar-refractivity contribution in [3.05, 3.63) is 77.5 Å². The summed E-state index contributed by atoms with van der Waals surface area (Å²) in [5, 5.41) is 9.47. The summed E-state index contributed by atoms with van der Waals surface area (Å²) < 4.78 is 5.78. The van der Waals surface area contributed by atoms with Crippen molar-refractivity contribution in [2.45, 2.75) is 36.0 Å². The Hall–Kier alpha value is -3.63. The van der Waals surface area contributed by atoms with Crippen LogP contribution >= 0.6 is 11.8 Å². The number of fused-ring (bicyclic) bond motifs is 1. The van der Waals surface area contributed by atoms with E-state index in [9.17, 15) is 14.9 Å². The van der Waals surface area contributed by atoms with Crippen molar-refractivity contribution in [3.63, 3.8) is 0 Å². The number of aromatic nitrogens is 1. The average Bonchev–Trinajstić information content (AvgIpc) is 3.38. The molecule has 2 aliphatic rings. The summed E-state index contributed by atoms with van der Waals surface area (Å²) in [5.74, 6) is 0.776.